The molecule has 0 radical (unpaired) electrons. The first-order valence-electron chi connectivity index (χ1n) is 6.37. The number of aromatic amines is 1. The Bertz CT molecular complexity index is 679. The lowest BCUT2D eigenvalue weighted by molar-refractivity contribution is -0.142. The van der Waals surface area contributed by atoms with Crippen LogP contribution in [0.2, 0.25) is 0 Å². The number of hydrogen-bond donors (Lipinski definition) is 1. The van der Waals surface area contributed by atoms with Crippen LogP contribution in [-0.2, 0) is 16.0 Å². The second-order valence-corrected chi connectivity index (χ2v) is 5.44. The first-order valence-corrected chi connectivity index (χ1v) is 7.25. The van der Waals surface area contributed by atoms with Crippen LogP contribution < -0.4 is 5.56 Å². The van der Waals surface area contributed by atoms with Crippen LogP contribution in [0.25, 0.3) is 5.78 Å². The third kappa shape index (κ3) is 2.84. The predicted molar refractivity (Wildman–Crippen MR) is 74.9 cm³/mol. The Labute approximate surface area is 119 Å². The van der Waals surface area contributed by atoms with Crippen molar-refractivity contribution in [1.29, 1.82) is 0 Å². The maximum atomic E-state index is 11.7. The number of thioether (sulfide) groups is 1. The summed E-state index contributed by atoms with van der Waals surface area (Å²) in [4.78, 5) is 25.7. The van der Waals surface area contributed by atoms with Crippen LogP contribution in [-0.4, -0.2) is 37.4 Å². The van der Waals surface area contributed by atoms with Crippen LogP contribution in [0, 0.1) is 0 Å². The molecule has 1 N–H and O–H groups in total. The SMILES string of the molecule is CCOC(=O)C(C)Sc1nnc2[nH]c(=O)cc(CC)n12. The number of aryl methyl sites for hydroxylation is 1. The lowest BCUT2D eigenvalue weighted by atomic mass is 10.3. The second kappa shape index (κ2) is 6.08. The van der Waals surface area contributed by atoms with Crippen LogP contribution in [0.1, 0.15) is 26.5 Å². The van der Waals surface area contributed by atoms with Crippen molar-refractivity contribution in [2.75, 3.05) is 6.61 Å². The Morgan fingerprint density at radius 1 is 1.50 bits per heavy atom. The third-order valence-electron chi connectivity index (χ3n) is 2.72. The van der Waals surface area contributed by atoms with E-state index in [-0.39, 0.29) is 16.8 Å². The summed E-state index contributed by atoms with van der Waals surface area (Å²) in [6, 6.07) is 1.51. The number of carbonyl (C=O) groups excluding carboxylic acids is 1. The number of fused-ring (bicyclic) bond motifs is 1. The number of aromatic nitrogens is 4. The van der Waals surface area contributed by atoms with Gasteiger partial charge in [-0.1, -0.05) is 18.7 Å². The van der Waals surface area contributed by atoms with Gasteiger partial charge in [0.25, 0.3) is 5.56 Å². The van der Waals surface area contributed by atoms with Gasteiger partial charge in [-0.05, 0) is 20.3 Å². The lowest BCUT2D eigenvalue weighted by Crippen LogP contribution is -2.17. The van der Waals surface area contributed by atoms with Crippen LogP contribution in [0.3, 0.4) is 0 Å². The van der Waals surface area contributed by atoms with E-state index in [9.17, 15) is 9.59 Å². The monoisotopic (exact) mass is 296 g/mol. The highest BCUT2D eigenvalue weighted by Gasteiger charge is 2.20. The Morgan fingerprint density at radius 2 is 2.25 bits per heavy atom. The fraction of sp³-hybridized carbons (Fsp3) is 0.500. The highest BCUT2D eigenvalue weighted by molar-refractivity contribution is 8.00. The minimum Gasteiger partial charge on any atom is -0.465 e. The molecule has 7 nitrogen and oxygen atoms in total. The Hall–Kier alpha value is -1.83. The molecular weight excluding hydrogens is 280 g/mol. The molecular formula is C12H16N4O3S. The molecule has 2 heterocycles. The molecule has 0 saturated heterocycles. The van der Waals surface area contributed by atoms with Gasteiger partial charge in [0.1, 0.15) is 5.25 Å². The summed E-state index contributed by atoms with van der Waals surface area (Å²) in [5.74, 6) is 0.0876. The zero-order valence-electron chi connectivity index (χ0n) is 11.5. The largest absolute Gasteiger partial charge is 0.465 e. The molecule has 0 aliphatic heterocycles. The van der Waals surface area contributed by atoms with Crippen LogP contribution in [0.5, 0.6) is 0 Å². The van der Waals surface area contributed by atoms with Crippen molar-refractivity contribution in [3.63, 3.8) is 0 Å². The van der Waals surface area contributed by atoms with E-state index in [2.05, 4.69) is 15.2 Å². The summed E-state index contributed by atoms with van der Waals surface area (Å²) >= 11 is 1.26. The van der Waals surface area contributed by atoms with Gasteiger partial charge in [-0.2, -0.15) is 0 Å². The Balaban J connectivity index is 2.36. The quantitative estimate of drug-likeness (QED) is 0.654. The predicted octanol–water partition coefficient (Wildman–Crippen LogP) is 1.02. The van der Waals surface area contributed by atoms with Gasteiger partial charge in [0, 0.05) is 11.8 Å². The average Bonchev–Trinajstić information content (AvgIpc) is 2.81. The van der Waals surface area contributed by atoms with Crippen molar-refractivity contribution in [3.05, 3.63) is 22.1 Å². The zero-order chi connectivity index (χ0) is 14.7. The van der Waals surface area contributed by atoms with E-state index >= 15 is 0 Å². The summed E-state index contributed by atoms with van der Waals surface area (Å²) in [6.45, 7) is 5.80. The molecule has 1 unspecified atom stereocenters. The molecule has 0 saturated carbocycles. The van der Waals surface area contributed by atoms with Crippen LogP contribution >= 0.6 is 11.8 Å². The smallest absolute Gasteiger partial charge is 0.319 e. The standard InChI is InChI=1S/C12H16N4O3S/c1-4-8-6-9(17)13-11-14-15-12(16(8)11)20-7(3)10(18)19-5-2/h6-7H,4-5H2,1-3H3,(H,13,14,17). The van der Waals surface area contributed by atoms with E-state index in [4.69, 9.17) is 4.74 Å². The fourth-order valence-corrected chi connectivity index (χ4v) is 2.65. The number of nitrogens with one attached hydrogen (secondary N) is 1. The zero-order valence-corrected chi connectivity index (χ0v) is 12.4. The van der Waals surface area contributed by atoms with Gasteiger partial charge in [-0.25, -0.2) is 0 Å². The number of carbonyl (C=O) groups is 1. The van der Waals surface area contributed by atoms with Crippen LogP contribution in [0.15, 0.2) is 16.0 Å². The Kier molecular flexibility index (Phi) is 4.43. The van der Waals surface area contributed by atoms with Gasteiger partial charge in [0.05, 0.1) is 6.61 Å². The lowest BCUT2D eigenvalue weighted by Gasteiger charge is -2.09. The van der Waals surface area contributed by atoms with Gasteiger partial charge in [-0.15, -0.1) is 10.2 Å². The molecule has 8 heteroatoms. The molecule has 2 rings (SSSR count). The van der Waals surface area contributed by atoms with Crippen molar-refractivity contribution in [1.82, 2.24) is 19.6 Å². The third-order valence-corrected chi connectivity index (χ3v) is 3.74. The summed E-state index contributed by atoms with van der Waals surface area (Å²) in [7, 11) is 0. The average molecular weight is 296 g/mol. The number of hydrogen-bond acceptors (Lipinski definition) is 6. The maximum absolute atomic E-state index is 11.7. The van der Waals surface area contributed by atoms with Crippen molar-refractivity contribution < 1.29 is 9.53 Å². The van der Waals surface area contributed by atoms with Crippen molar-refractivity contribution >= 4 is 23.5 Å². The number of ether oxygens (including phenoxy) is 1. The molecule has 2 aromatic rings. The molecule has 0 aromatic carbocycles. The van der Waals surface area contributed by atoms with Crippen molar-refractivity contribution in [3.8, 4) is 0 Å². The Morgan fingerprint density at radius 3 is 2.90 bits per heavy atom. The summed E-state index contributed by atoms with van der Waals surface area (Å²) in [5, 5.41) is 8.13. The van der Waals surface area contributed by atoms with E-state index in [0.29, 0.717) is 24.0 Å². The molecule has 0 spiro atoms. The highest BCUT2D eigenvalue weighted by atomic mass is 32.2. The molecule has 0 amide bonds. The van der Waals surface area contributed by atoms with E-state index in [1.807, 2.05) is 6.92 Å². The molecule has 1 atom stereocenters. The topological polar surface area (TPSA) is 89.3 Å². The summed E-state index contributed by atoms with van der Waals surface area (Å²) in [5.41, 5.74) is 0.587. The second-order valence-electron chi connectivity index (χ2n) is 4.13. The number of H-pyrrole nitrogens is 1. The van der Waals surface area contributed by atoms with Gasteiger partial charge in [0.2, 0.25) is 5.78 Å². The van der Waals surface area contributed by atoms with Crippen molar-refractivity contribution in [2.45, 2.75) is 37.6 Å². The maximum Gasteiger partial charge on any atom is 0.319 e. The normalized spacial score (nSPS) is 12.6. The van der Waals surface area contributed by atoms with E-state index < -0.39 is 0 Å². The molecule has 108 valence electrons. The van der Waals surface area contributed by atoms with Gasteiger partial charge in [0.15, 0.2) is 5.16 Å². The number of esters is 1. The molecule has 20 heavy (non-hydrogen) atoms. The fourth-order valence-electron chi connectivity index (χ4n) is 1.77. The van der Waals surface area contributed by atoms with E-state index in [1.54, 1.807) is 18.2 Å². The highest BCUT2D eigenvalue weighted by Crippen LogP contribution is 2.23. The molecule has 0 aliphatic rings. The summed E-state index contributed by atoms with van der Waals surface area (Å²) in [6.07, 6.45) is 0.666. The van der Waals surface area contributed by atoms with Gasteiger partial charge < -0.3 is 4.74 Å². The molecule has 2 aromatic heterocycles. The van der Waals surface area contributed by atoms with Crippen LogP contribution in [0.4, 0.5) is 0 Å². The first kappa shape index (κ1) is 14.6. The molecule has 0 aliphatic carbocycles. The van der Waals surface area contributed by atoms with E-state index in [0.717, 1.165) is 5.69 Å². The summed E-state index contributed by atoms with van der Waals surface area (Å²) < 4.78 is 6.72. The molecule has 0 fully saturated rings. The van der Waals surface area contributed by atoms with E-state index in [1.165, 1.54) is 17.8 Å². The van der Waals surface area contributed by atoms with Gasteiger partial charge >= 0.3 is 5.97 Å². The van der Waals surface area contributed by atoms with Crippen molar-refractivity contribution in [2.24, 2.45) is 0 Å². The number of nitrogens with zero attached hydrogens (tertiary/aromatic N) is 3. The first-order chi connectivity index (χ1) is 9.56. The molecule has 0 bridgehead atoms. The minimum atomic E-state index is -0.390. The number of rotatable bonds is 5. The minimum absolute atomic E-state index is 0.211. The van der Waals surface area contributed by atoms with Gasteiger partial charge in [-0.3, -0.25) is 19.0 Å².